The second kappa shape index (κ2) is 6.32. The first kappa shape index (κ1) is 17.4. The molecule has 1 amide bonds. The lowest BCUT2D eigenvalue weighted by Crippen LogP contribution is -2.49. The van der Waals surface area contributed by atoms with Gasteiger partial charge in [-0.2, -0.15) is 0 Å². The van der Waals surface area contributed by atoms with E-state index in [1.165, 1.54) is 19.1 Å². The van der Waals surface area contributed by atoms with Gasteiger partial charge in [-0.3, -0.25) is 9.59 Å². The van der Waals surface area contributed by atoms with Crippen LogP contribution in [0.2, 0.25) is 0 Å². The summed E-state index contributed by atoms with van der Waals surface area (Å²) in [6, 6.07) is 2.86. The van der Waals surface area contributed by atoms with E-state index in [1.807, 2.05) is 4.90 Å². The largest absolute Gasteiger partial charge is 0.465 e. The number of piperidine rings is 1. The molecule has 26 heavy (non-hydrogen) atoms. The minimum absolute atomic E-state index is 0.0203. The van der Waals surface area contributed by atoms with E-state index in [-0.39, 0.29) is 34.7 Å². The molecule has 1 spiro atoms. The van der Waals surface area contributed by atoms with Crippen LogP contribution in [0.3, 0.4) is 0 Å². The van der Waals surface area contributed by atoms with E-state index in [2.05, 4.69) is 0 Å². The van der Waals surface area contributed by atoms with E-state index in [1.54, 1.807) is 0 Å². The number of carbonyl (C=O) groups is 2. The summed E-state index contributed by atoms with van der Waals surface area (Å²) in [6.45, 7) is 3.09. The van der Waals surface area contributed by atoms with E-state index in [4.69, 9.17) is 4.74 Å². The highest BCUT2D eigenvalue weighted by atomic mass is 19.1. The first-order valence-corrected chi connectivity index (χ1v) is 9.27. The van der Waals surface area contributed by atoms with Gasteiger partial charge < -0.3 is 9.64 Å². The number of likely N-dealkylation sites (tertiary alicyclic amines) is 1. The van der Waals surface area contributed by atoms with Crippen molar-refractivity contribution in [2.24, 2.45) is 11.3 Å². The Balaban J connectivity index is 1.34. The van der Waals surface area contributed by atoms with Crippen LogP contribution in [0.1, 0.15) is 49.1 Å². The second-order valence-corrected chi connectivity index (χ2v) is 8.12. The molecular formula is C20H23F2NO3. The fourth-order valence-electron chi connectivity index (χ4n) is 4.73. The molecule has 1 saturated carbocycles. The third-order valence-corrected chi connectivity index (χ3v) is 6.36. The molecular weight excluding hydrogens is 340 g/mol. The van der Waals surface area contributed by atoms with Crippen molar-refractivity contribution in [1.82, 2.24) is 4.90 Å². The Hall–Kier alpha value is -1.98. The molecule has 0 aromatic heterocycles. The van der Waals surface area contributed by atoms with E-state index < -0.39 is 11.6 Å². The molecule has 0 bridgehead atoms. The van der Waals surface area contributed by atoms with E-state index in [0.29, 0.717) is 44.5 Å². The highest BCUT2D eigenvalue weighted by Gasteiger charge is 2.53. The Bertz CT molecular complexity index is 750. The molecule has 1 aromatic carbocycles. The van der Waals surface area contributed by atoms with Crippen molar-refractivity contribution in [3.05, 3.63) is 34.9 Å². The van der Waals surface area contributed by atoms with Gasteiger partial charge in [0.2, 0.25) is 5.91 Å². The van der Waals surface area contributed by atoms with Crippen LogP contribution < -0.4 is 0 Å². The average molecular weight is 363 g/mol. The number of hydrogen-bond donors (Lipinski definition) is 0. The molecule has 0 unspecified atom stereocenters. The summed E-state index contributed by atoms with van der Waals surface area (Å²) in [4.78, 5) is 25.8. The molecule has 1 aliphatic carbocycles. The number of rotatable bonds is 2. The van der Waals surface area contributed by atoms with Crippen molar-refractivity contribution >= 4 is 11.9 Å². The number of esters is 1. The fourth-order valence-corrected chi connectivity index (χ4v) is 4.73. The van der Waals surface area contributed by atoms with Gasteiger partial charge in [-0.1, -0.05) is 6.07 Å². The van der Waals surface area contributed by atoms with Crippen LogP contribution in [0.4, 0.5) is 8.78 Å². The summed E-state index contributed by atoms with van der Waals surface area (Å²) >= 11 is 0. The maximum Gasteiger partial charge on any atom is 0.306 e. The minimum atomic E-state index is -0.521. The third kappa shape index (κ3) is 2.89. The van der Waals surface area contributed by atoms with Gasteiger partial charge in [0.05, 0.1) is 13.0 Å². The van der Waals surface area contributed by atoms with Crippen LogP contribution in [-0.4, -0.2) is 36.5 Å². The lowest BCUT2D eigenvalue weighted by atomic mass is 9.61. The van der Waals surface area contributed by atoms with E-state index in [9.17, 15) is 18.4 Å². The van der Waals surface area contributed by atoms with Gasteiger partial charge in [-0.05, 0) is 50.2 Å². The molecule has 0 N–H and O–H groups in total. The van der Waals surface area contributed by atoms with Crippen molar-refractivity contribution in [2.45, 2.75) is 44.9 Å². The fraction of sp³-hybridized carbons (Fsp3) is 0.600. The van der Waals surface area contributed by atoms with Gasteiger partial charge in [0, 0.05) is 30.0 Å². The highest BCUT2D eigenvalue weighted by molar-refractivity contribution is 5.81. The zero-order valence-electron chi connectivity index (χ0n) is 14.9. The highest BCUT2D eigenvalue weighted by Crippen LogP contribution is 2.52. The van der Waals surface area contributed by atoms with Crippen LogP contribution >= 0.6 is 0 Å². The van der Waals surface area contributed by atoms with Crippen LogP contribution in [-0.2, 0) is 14.3 Å². The number of nitrogens with zero attached hydrogens (tertiary/aromatic N) is 1. The predicted molar refractivity (Wildman–Crippen MR) is 90.4 cm³/mol. The number of amides is 1. The third-order valence-electron chi connectivity index (χ3n) is 6.36. The molecule has 6 heteroatoms. The van der Waals surface area contributed by atoms with Crippen molar-refractivity contribution in [1.29, 1.82) is 0 Å². The minimum Gasteiger partial charge on any atom is -0.465 e. The van der Waals surface area contributed by atoms with Crippen molar-refractivity contribution in [2.75, 3.05) is 19.7 Å². The second-order valence-electron chi connectivity index (χ2n) is 8.12. The summed E-state index contributed by atoms with van der Waals surface area (Å²) < 4.78 is 32.8. The first-order chi connectivity index (χ1) is 12.4. The lowest BCUT2D eigenvalue weighted by Gasteiger charge is -2.45. The van der Waals surface area contributed by atoms with E-state index in [0.717, 1.165) is 12.8 Å². The number of carbonyl (C=O) groups excluding carboxylic acids is 2. The monoisotopic (exact) mass is 363 g/mol. The standard InChI is InChI=1S/C20H23F2NO3/c1-12-16(21)3-2-15(18(12)22)13-4-6-23(7-5-13)19(25)14-8-20(9-14)10-17(24)26-11-20/h2-3,13-14H,4-11H2,1H3. The number of halogens is 2. The summed E-state index contributed by atoms with van der Waals surface area (Å²) in [5.74, 6) is -0.996. The summed E-state index contributed by atoms with van der Waals surface area (Å²) in [5, 5.41) is 0. The normalized spacial score (nSPS) is 29.0. The van der Waals surface area contributed by atoms with Crippen LogP contribution in [0, 0.1) is 29.9 Å². The molecule has 4 rings (SSSR count). The topological polar surface area (TPSA) is 46.6 Å². The quantitative estimate of drug-likeness (QED) is 0.758. The molecule has 2 aliphatic heterocycles. The Morgan fingerprint density at radius 1 is 1.23 bits per heavy atom. The maximum absolute atomic E-state index is 14.3. The van der Waals surface area contributed by atoms with Crippen molar-refractivity contribution in [3.63, 3.8) is 0 Å². The number of cyclic esters (lactones) is 1. The van der Waals surface area contributed by atoms with Gasteiger partial charge in [-0.15, -0.1) is 0 Å². The summed E-state index contributed by atoms with van der Waals surface area (Å²) in [7, 11) is 0. The van der Waals surface area contributed by atoms with Crippen LogP contribution in [0.25, 0.3) is 0 Å². The zero-order chi connectivity index (χ0) is 18.5. The van der Waals surface area contributed by atoms with Gasteiger partial charge >= 0.3 is 5.97 Å². The van der Waals surface area contributed by atoms with E-state index >= 15 is 0 Å². The number of benzene rings is 1. The Kier molecular flexibility index (Phi) is 4.24. The summed E-state index contributed by atoms with van der Waals surface area (Å²) in [5.41, 5.74) is 0.513. The Labute approximate surface area is 151 Å². The molecule has 0 radical (unpaired) electrons. The first-order valence-electron chi connectivity index (χ1n) is 9.27. The molecule has 2 saturated heterocycles. The molecule has 140 valence electrons. The maximum atomic E-state index is 14.3. The molecule has 0 atom stereocenters. The molecule has 3 aliphatic rings. The molecule has 3 fully saturated rings. The molecule has 1 aromatic rings. The molecule has 4 nitrogen and oxygen atoms in total. The SMILES string of the molecule is Cc1c(F)ccc(C2CCN(C(=O)C3CC4(COC(=O)C4)C3)CC2)c1F. The van der Waals surface area contributed by atoms with Crippen LogP contribution in [0.15, 0.2) is 12.1 Å². The van der Waals surface area contributed by atoms with Gasteiger partial charge in [-0.25, -0.2) is 8.78 Å². The average Bonchev–Trinajstić information content (AvgIpc) is 3.00. The Morgan fingerprint density at radius 2 is 1.92 bits per heavy atom. The van der Waals surface area contributed by atoms with Gasteiger partial charge in [0.15, 0.2) is 0 Å². The van der Waals surface area contributed by atoms with Crippen LogP contribution in [0.5, 0.6) is 0 Å². The van der Waals surface area contributed by atoms with Crippen molar-refractivity contribution in [3.8, 4) is 0 Å². The number of hydrogen-bond acceptors (Lipinski definition) is 3. The zero-order valence-corrected chi connectivity index (χ0v) is 14.9. The lowest BCUT2D eigenvalue weighted by molar-refractivity contribution is -0.144. The predicted octanol–water partition coefficient (Wildman–Crippen LogP) is 3.32. The molecule has 2 heterocycles. The Morgan fingerprint density at radius 3 is 2.54 bits per heavy atom. The van der Waals surface area contributed by atoms with Gasteiger partial charge in [0.25, 0.3) is 0 Å². The summed E-state index contributed by atoms with van der Waals surface area (Å²) in [6.07, 6.45) is 3.26. The smallest absolute Gasteiger partial charge is 0.306 e. The number of ether oxygens (including phenoxy) is 1. The van der Waals surface area contributed by atoms with Gasteiger partial charge in [0.1, 0.15) is 11.6 Å². The van der Waals surface area contributed by atoms with Crippen molar-refractivity contribution < 1.29 is 23.1 Å².